The van der Waals surface area contributed by atoms with E-state index in [1.54, 1.807) is 6.07 Å². The fourth-order valence-corrected chi connectivity index (χ4v) is 1.82. The third-order valence-corrected chi connectivity index (χ3v) is 2.75. The second-order valence-corrected chi connectivity index (χ2v) is 3.67. The van der Waals surface area contributed by atoms with Crippen molar-refractivity contribution in [2.45, 2.75) is 6.42 Å². The van der Waals surface area contributed by atoms with E-state index < -0.39 is 0 Å². The van der Waals surface area contributed by atoms with E-state index >= 15 is 0 Å². The number of halogens is 1. The van der Waals surface area contributed by atoms with E-state index in [0.717, 1.165) is 24.3 Å². The summed E-state index contributed by atoms with van der Waals surface area (Å²) in [6, 6.07) is 4.99. The van der Waals surface area contributed by atoms with Crippen LogP contribution in [0.1, 0.15) is 6.42 Å². The molecule has 0 radical (unpaired) electrons. The average Bonchev–Trinajstić information content (AvgIpc) is 2.17. The number of hydrogen-bond acceptors (Lipinski definition) is 3. The van der Waals surface area contributed by atoms with Crippen molar-refractivity contribution in [3.8, 4) is 0 Å². The fraction of sp³-hybridized carbons (Fsp3) is 0.273. The van der Waals surface area contributed by atoms with Gasteiger partial charge in [0.2, 0.25) is 0 Å². The molecule has 3 nitrogen and oxygen atoms in total. The molecule has 1 aromatic heterocycles. The van der Waals surface area contributed by atoms with E-state index in [4.69, 9.17) is 0 Å². The number of benzene rings is 1. The summed E-state index contributed by atoms with van der Waals surface area (Å²) in [5.41, 5.74) is 0.411. The van der Waals surface area contributed by atoms with Crippen LogP contribution in [-0.2, 0) is 0 Å². The minimum Gasteiger partial charge on any atom is -0.356 e. The molecular formula is C11H10FN3. The van der Waals surface area contributed by atoms with Crippen LogP contribution in [0.2, 0.25) is 0 Å². The molecule has 1 aliphatic heterocycles. The zero-order valence-corrected chi connectivity index (χ0v) is 8.15. The standard InChI is InChI=1S/C11H10FN3/c12-9-4-1-3-8-10(9)13-7-14-11(8)15-5-2-6-15/h1,3-4,7H,2,5-6H2. The van der Waals surface area contributed by atoms with Gasteiger partial charge in [-0.05, 0) is 18.6 Å². The van der Waals surface area contributed by atoms with Gasteiger partial charge in [0, 0.05) is 18.5 Å². The quantitative estimate of drug-likeness (QED) is 0.709. The number of hydrogen-bond donors (Lipinski definition) is 0. The highest BCUT2D eigenvalue weighted by Crippen LogP contribution is 2.27. The third kappa shape index (κ3) is 1.25. The first-order chi connectivity index (χ1) is 7.36. The molecule has 1 fully saturated rings. The Morgan fingerprint density at radius 3 is 2.80 bits per heavy atom. The maximum Gasteiger partial charge on any atom is 0.149 e. The van der Waals surface area contributed by atoms with E-state index in [1.165, 1.54) is 18.8 Å². The van der Waals surface area contributed by atoms with Crippen LogP contribution in [0.4, 0.5) is 10.2 Å². The molecule has 0 N–H and O–H groups in total. The van der Waals surface area contributed by atoms with Gasteiger partial charge in [-0.15, -0.1) is 0 Å². The van der Waals surface area contributed by atoms with Gasteiger partial charge in [-0.1, -0.05) is 6.07 Å². The second kappa shape index (κ2) is 3.15. The highest BCUT2D eigenvalue weighted by atomic mass is 19.1. The van der Waals surface area contributed by atoms with Crippen molar-refractivity contribution in [1.82, 2.24) is 9.97 Å². The molecule has 15 heavy (non-hydrogen) atoms. The van der Waals surface area contributed by atoms with Gasteiger partial charge in [-0.3, -0.25) is 0 Å². The molecule has 4 heteroatoms. The van der Waals surface area contributed by atoms with E-state index in [9.17, 15) is 4.39 Å². The number of nitrogens with zero attached hydrogens (tertiary/aromatic N) is 3. The number of fused-ring (bicyclic) bond motifs is 1. The predicted octanol–water partition coefficient (Wildman–Crippen LogP) is 1.98. The Labute approximate surface area is 86.6 Å². The lowest BCUT2D eigenvalue weighted by Crippen LogP contribution is -2.37. The van der Waals surface area contributed by atoms with Crippen LogP contribution in [-0.4, -0.2) is 23.1 Å². The molecule has 2 heterocycles. The molecule has 0 spiro atoms. The number of aromatic nitrogens is 2. The number of rotatable bonds is 1. The van der Waals surface area contributed by atoms with Crippen molar-refractivity contribution < 1.29 is 4.39 Å². The molecule has 1 aromatic carbocycles. The molecule has 0 unspecified atom stereocenters. The Kier molecular flexibility index (Phi) is 1.80. The van der Waals surface area contributed by atoms with Crippen LogP contribution in [0.5, 0.6) is 0 Å². The molecular weight excluding hydrogens is 193 g/mol. The van der Waals surface area contributed by atoms with Gasteiger partial charge in [0.1, 0.15) is 23.5 Å². The van der Waals surface area contributed by atoms with Gasteiger partial charge in [0.05, 0.1) is 0 Å². The molecule has 1 saturated heterocycles. The van der Waals surface area contributed by atoms with Crippen molar-refractivity contribution >= 4 is 16.7 Å². The molecule has 2 aromatic rings. The smallest absolute Gasteiger partial charge is 0.149 e. The van der Waals surface area contributed by atoms with Gasteiger partial charge < -0.3 is 4.90 Å². The van der Waals surface area contributed by atoms with E-state index in [0.29, 0.717) is 5.52 Å². The predicted molar refractivity (Wildman–Crippen MR) is 56.3 cm³/mol. The molecule has 0 amide bonds. The highest BCUT2D eigenvalue weighted by molar-refractivity contribution is 5.89. The molecule has 0 atom stereocenters. The van der Waals surface area contributed by atoms with Gasteiger partial charge in [0.25, 0.3) is 0 Å². The minimum absolute atomic E-state index is 0.281. The summed E-state index contributed by atoms with van der Waals surface area (Å²) in [5.74, 6) is 0.572. The van der Waals surface area contributed by atoms with Gasteiger partial charge >= 0.3 is 0 Å². The summed E-state index contributed by atoms with van der Waals surface area (Å²) >= 11 is 0. The van der Waals surface area contributed by atoms with Crippen molar-refractivity contribution in [2.24, 2.45) is 0 Å². The van der Waals surface area contributed by atoms with Crippen LogP contribution >= 0.6 is 0 Å². The summed E-state index contributed by atoms with van der Waals surface area (Å²) in [6.45, 7) is 2.01. The second-order valence-electron chi connectivity index (χ2n) is 3.67. The van der Waals surface area contributed by atoms with Gasteiger partial charge in [-0.2, -0.15) is 0 Å². The first kappa shape index (κ1) is 8.59. The fourth-order valence-electron chi connectivity index (χ4n) is 1.82. The molecule has 3 rings (SSSR count). The lowest BCUT2D eigenvalue weighted by Gasteiger charge is -2.32. The Balaban J connectivity index is 2.25. The maximum atomic E-state index is 13.4. The lowest BCUT2D eigenvalue weighted by molar-refractivity contribution is 0.610. The van der Waals surface area contributed by atoms with Crippen molar-refractivity contribution in [3.05, 3.63) is 30.3 Å². The first-order valence-electron chi connectivity index (χ1n) is 5.00. The summed E-state index contributed by atoms with van der Waals surface area (Å²) in [4.78, 5) is 10.3. The van der Waals surface area contributed by atoms with E-state index in [1.807, 2.05) is 6.07 Å². The van der Waals surface area contributed by atoms with Crippen LogP contribution < -0.4 is 4.90 Å². The maximum absolute atomic E-state index is 13.4. The molecule has 76 valence electrons. The van der Waals surface area contributed by atoms with Crippen molar-refractivity contribution in [1.29, 1.82) is 0 Å². The highest BCUT2D eigenvalue weighted by Gasteiger charge is 2.18. The van der Waals surface area contributed by atoms with Crippen LogP contribution in [0.3, 0.4) is 0 Å². The summed E-state index contributed by atoms with van der Waals surface area (Å²) < 4.78 is 13.4. The van der Waals surface area contributed by atoms with Crippen LogP contribution in [0.15, 0.2) is 24.5 Å². The van der Waals surface area contributed by atoms with Crippen LogP contribution in [0, 0.1) is 5.82 Å². The van der Waals surface area contributed by atoms with Gasteiger partial charge in [0.15, 0.2) is 0 Å². The first-order valence-corrected chi connectivity index (χ1v) is 5.00. The Morgan fingerprint density at radius 2 is 2.07 bits per heavy atom. The topological polar surface area (TPSA) is 29.0 Å². The third-order valence-electron chi connectivity index (χ3n) is 2.75. The largest absolute Gasteiger partial charge is 0.356 e. The molecule has 0 aliphatic carbocycles. The molecule has 0 bridgehead atoms. The Hall–Kier alpha value is -1.71. The molecule has 0 saturated carbocycles. The summed E-state index contributed by atoms with van der Waals surface area (Å²) in [5, 5.41) is 0.803. The van der Waals surface area contributed by atoms with Crippen molar-refractivity contribution in [3.63, 3.8) is 0 Å². The summed E-state index contributed by atoms with van der Waals surface area (Å²) in [7, 11) is 0. The lowest BCUT2D eigenvalue weighted by atomic mass is 10.1. The molecule has 1 aliphatic rings. The van der Waals surface area contributed by atoms with Crippen molar-refractivity contribution in [2.75, 3.05) is 18.0 Å². The average molecular weight is 203 g/mol. The SMILES string of the molecule is Fc1cccc2c(N3CCC3)ncnc12. The van der Waals surface area contributed by atoms with Crippen LogP contribution in [0.25, 0.3) is 10.9 Å². The Morgan fingerprint density at radius 1 is 1.20 bits per heavy atom. The normalized spacial score (nSPS) is 15.4. The summed E-state index contributed by atoms with van der Waals surface area (Å²) in [6.07, 6.45) is 2.61. The van der Waals surface area contributed by atoms with Gasteiger partial charge in [-0.25, -0.2) is 14.4 Å². The number of para-hydroxylation sites is 1. The number of anilines is 1. The van der Waals surface area contributed by atoms with E-state index in [2.05, 4.69) is 14.9 Å². The van der Waals surface area contributed by atoms with E-state index in [-0.39, 0.29) is 5.82 Å². The zero-order chi connectivity index (χ0) is 10.3. The minimum atomic E-state index is -0.281. The monoisotopic (exact) mass is 203 g/mol. The zero-order valence-electron chi connectivity index (χ0n) is 8.15. The Bertz CT molecular complexity index is 508.